The van der Waals surface area contributed by atoms with Gasteiger partial charge >= 0.3 is 59.1 Å². The Hall–Kier alpha value is 1.97. The molecule has 32 valence electrons. The Balaban J connectivity index is -0.0000000800. The molecule has 0 amide bonds. The van der Waals surface area contributed by atoms with Crippen LogP contribution in [0.3, 0.4) is 0 Å². The second kappa shape index (κ2) is 10.9. The van der Waals surface area contributed by atoms with Crippen molar-refractivity contribution in [2.75, 3.05) is 0 Å². The Bertz CT molecular complexity index is 142. The van der Waals surface area contributed by atoms with Crippen molar-refractivity contribution in [1.82, 2.24) is 0 Å². The van der Waals surface area contributed by atoms with Gasteiger partial charge in [0, 0.05) is 0 Å². The van der Waals surface area contributed by atoms with E-state index in [-0.39, 0.29) is 59.1 Å². The van der Waals surface area contributed by atoms with Gasteiger partial charge in [-0.05, 0) is 0 Å². The molecule has 0 aliphatic carbocycles. The zero-order chi connectivity index (χ0) is 4.28. The van der Waals surface area contributed by atoms with E-state index in [1.54, 1.807) is 0 Å². The Morgan fingerprint density at radius 3 is 1.29 bits per heavy atom. The normalized spacial score (nSPS) is 5.14. The Morgan fingerprint density at radius 2 is 1.29 bits per heavy atom. The maximum absolute atomic E-state index is 9.04. The molecule has 3 nitrogen and oxygen atoms in total. The smallest absolute Gasteiger partial charge is 0.450 e. The molecule has 7 heteroatoms. The molecular formula is HNa2O3S2+. The first-order chi connectivity index (χ1) is 2.27. The van der Waals surface area contributed by atoms with Gasteiger partial charge in [0.1, 0.15) is 9.26 Å². The minimum atomic E-state index is -2.41. The summed E-state index contributed by atoms with van der Waals surface area (Å²) in [5.41, 5.74) is 0. The van der Waals surface area contributed by atoms with Crippen molar-refractivity contribution in [3.05, 3.63) is 0 Å². The van der Waals surface area contributed by atoms with Crippen molar-refractivity contribution in [3.63, 3.8) is 0 Å². The SMILES string of the molecule is O=[SH-]=S(=O)=O.[Na+].[Na+]. The fourth-order valence-electron chi connectivity index (χ4n) is 0. The van der Waals surface area contributed by atoms with E-state index < -0.39 is 19.5 Å². The van der Waals surface area contributed by atoms with E-state index in [4.69, 9.17) is 12.6 Å². The molecule has 0 N–H and O–H groups in total. The van der Waals surface area contributed by atoms with E-state index >= 15 is 0 Å². The monoisotopic (exact) mass is 159 g/mol. The summed E-state index contributed by atoms with van der Waals surface area (Å²) in [6.45, 7) is 0. The fourth-order valence-corrected chi connectivity index (χ4v) is 0. The van der Waals surface area contributed by atoms with Gasteiger partial charge < -0.3 is 4.21 Å². The Kier molecular flexibility index (Phi) is 24.8. The van der Waals surface area contributed by atoms with Gasteiger partial charge in [-0.25, -0.2) is 8.42 Å². The summed E-state index contributed by atoms with van der Waals surface area (Å²) >= 11 is 0. The molecule has 0 rings (SSSR count). The first-order valence-electron chi connectivity index (χ1n) is 0.698. The average Bonchev–Trinajstić information content (AvgIpc) is 1.38. The van der Waals surface area contributed by atoms with E-state index in [2.05, 4.69) is 0 Å². The van der Waals surface area contributed by atoms with Gasteiger partial charge in [-0.1, -0.05) is 0 Å². The van der Waals surface area contributed by atoms with Crippen LogP contribution < -0.4 is 59.1 Å². The molecule has 0 atom stereocenters. The topological polar surface area (TPSA) is 51.2 Å². The summed E-state index contributed by atoms with van der Waals surface area (Å²) in [6.07, 6.45) is 0. The third-order valence-corrected chi connectivity index (χ3v) is 0.548. The summed E-state index contributed by atoms with van der Waals surface area (Å²) in [5, 5.41) is 0. The number of rotatable bonds is 0. The Labute approximate surface area is 89.7 Å². The summed E-state index contributed by atoms with van der Waals surface area (Å²) in [6, 6.07) is 0. The number of hydrogen-bond acceptors (Lipinski definition) is 4. The molecule has 7 heavy (non-hydrogen) atoms. The van der Waals surface area contributed by atoms with E-state index in [1.807, 2.05) is 0 Å². The van der Waals surface area contributed by atoms with Crippen LogP contribution in [0, 0.1) is 0 Å². The molecule has 0 radical (unpaired) electrons. The van der Waals surface area contributed by atoms with E-state index in [9.17, 15) is 0 Å². The van der Waals surface area contributed by atoms with Crippen LogP contribution in [0.15, 0.2) is 0 Å². The van der Waals surface area contributed by atoms with Crippen LogP contribution in [0.2, 0.25) is 0 Å². The number of thiol groups is 1. The van der Waals surface area contributed by atoms with Crippen LogP contribution in [0.4, 0.5) is 0 Å². The minimum Gasteiger partial charge on any atom is -0.450 e. The van der Waals surface area contributed by atoms with Crippen LogP contribution in [-0.2, 0) is 23.7 Å². The largest absolute Gasteiger partial charge is 1.00 e. The van der Waals surface area contributed by atoms with Gasteiger partial charge in [0.15, 0.2) is 0 Å². The fraction of sp³-hybridized carbons (Fsp3) is 0. The van der Waals surface area contributed by atoms with Gasteiger partial charge in [0.25, 0.3) is 0 Å². The van der Waals surface area contributed by atoms with Gasteiger partial charge in [0.05, 0.1) is 0 Å². The second-order valence-corrected chi connectivity index (χ2v) is 2.22. The molecule has 0 heterocycles. The van der Waals surface area contributed by atoms with Crippen molar-refractivity contribution < 1.29 is 71.7 Å². The average molecular weight is 159 g/mol. The second-order valence-electron chi connectivity index (χ2n) is 0.292. The Morgan fingerprint density at radius 1 is 1.14 bits per heavy atom. The minimum absolute atomic E-state index is 0. The maximum atomic E-state index is 9.04. The zero-order valence-corrected chi connectivity index (χ0v) is 9.79. The molecule has 0 aliphatic rings. The zero-order valence-electron chi connectivity index (χ0n) is 4.08. The predicted molar refractivity (Wildman–Crippen MR) is 18.4 cm³/mol. The van der Waals surface area contributed by atoms with Gasteiger partial charge in [-0.2, -0.15) is 10.2 Å². The molecule has 0 saturated heterocycles. The third-order valence-electron chi connectivity index (χ3n) is 0.0609. The summed E-state index contributed by atoms with van der Waals surface area (Å²) < 4.78 is 27.1. The molecule has 0 aromatic rings. The van der Waals surface area contributed by atoms with Gasteiger partial charge in [-0.3, -0.25) is 0 Å². The maximum Gasteiger partial charge on any atom is 1.00 e. The molecule has 0 aromatic heterocycles. The molecule has 0 unspecified atom stereocenters. The van der Waals surface area contributed by atoms with Gasteiger partial charge in [0.2, 0.25) is 0 Å². The molecular weight excluding hydrogens is 158 g/mol. The number of hydrogen-bond donors (Lipinski definition) is 0. The van der Waals surface area contributed by atoms with Crippen LogP contribution in [0.25, 0.3) is 0 Å². The van der Waals surface area contributed by atoms with Crippen molar-refractivity contribution in [2.24, 2.45) is 0 Å². The van der Waals surface area contributed by atoms with E-state index in [0.717, 1.165) is 0 Å². The molecule has 0 aliphatic heterocycles. The molecule has 0 spiro atoms. The molecule has 0 fully saturated rings. The van der Waals surface area contributed by atoms with Crippen molar-refractivity contribution in [3.8, 4) is 0 Å². The van der Waals surface area contributed by atoms with E-state index in [1.165, 1.54) is 0 Å². The molecule has 0 saturated carbocycles. The summed E-state index contributed by atoms with van der Waals surface area (Å²) in [5.74, 6) is 0. The van der Waals surface area contributed by atoms with Gasteiger partial charge in [-0.15, -0.1) is 0 Å². The van der Waals surface area contributed by atoms with Crippen molar-refractivity contribution in [2.45, 2.75) is 0 Å². The summed E-state index contributed by atoms with van der Waals surface area (Å²) in [4.78, 5) is 0. The van der Waals surface area contributed by atoms with Crippen molar-refractivity contribution >= 4 is 19.5 Å². The van der Waals surface area contributed by atoms with Crippen LogP contribution in [0.1, 0.15) is 0 Å². The summed E-state index contributed by atoms with van der Waals surface area (Å²) in [7, 11) is -3.24. The standard InChI is InChI=1S/2Na.HO3S2/c;;1-4-5(2)3/h;;4H/q2*+1;-1. The quantitative estimate of drug-likeness (QED) is 0.200. The van der Waals surface area contributed by atoms with Crippen LogP contribution >= 0.6 is 0 Å². The molecule has 0 bridgehead atoms. The van der Waals surface area contributed by atoms with E-state index in [0.29, 0.717) is 0 Å². The van der Waals surface area contributed by atoms with Crippen molar-refractivity contribution in [1.29, 1.82) is 0 Å². The predicted octanol–water partition coefficient (Wildman–Crippen LogP) is -7.05. The van der Waals surface area contributed by atoms with Crippen LogP contribution in [-0.4, -0.2) is 8.42 Å². The first kappa shape index (κ1) is 16.0. The molecule has 0 aromatic carbocycles. The van der Waals surface area contributed by atoms with Crippen LogP contribution in [0.5, 0.6) is 0 Å². The first-order valence-corrected chi connectivity index (χ1v) is 3.19. The third kappa shape index (κ3) is 18.0.